The average Bonchev–Trinajstić information content (AvgIpc) is 3.10. The first-order valence-corrected chi connectivity index (χ1v) is 9.70. The third-order valence-electron chi connectivity index (χ3n) is 4.84. The number of aliphatic carboxylic acids is 1. The van der Waals surface area contributed by atoms with Crippen LogP contribution in [-0.2, 0) is 4.79 Å². The number of carboxylic acid groups (broad SMARTS) is 1. The van der Waals surface area contributed by atoms with Gasteiger partial charge in [0.25, 0.3) is 0 Å². The van der Waals surface area contributed by atoms with Crippen molar-refractivity contribution < 1.29 is 24.3 Å². The Morgan fingerprint density at radius 2 is 1.70 bits per heavy atom. The van der Waals surface area contributed by atoms with Crippen molar-refractivity contribution in [2.75, 3.05) is 19.7 Å². The summed E-state index contributed by atoms with van der Waals surface area (Å²) in [6.07, 6.45) is 3.26. The van der Waals surface area contributed by atoms with Crippen molar-refractivity contribution in [3.8, 4) is 17.2 Å². The van der Waals surface area contributed by atoms with Crippen LogP contribution in [0.5, 0.6) is 17.2 Å². The molecule has 1 fully saturated rings. The first-order chi connectivity index (χ1) is 13.1. The molecule has 2 atom stereocenters. The van der Waals surface area contributed by atoms with E-state index in [0.29, 0.717) is 17.7 Å². The van der Waals surface area contributed by atoms with Crippen LogP contribution in [0.15, 0.2) is 48.5 Å². The highest BCUT2D eigenvalue weighted by Gasteiger charge is 2.28. The number of halogens is 1. The Bertz CT molecular complexity index is 733. The van der Waals surface area contributed by atoms with E-state index in [2.05, 4.69) is 0 Å². The number of nitrogens with one attached hydrogen (secondary N) is 1. The highest BCUT2D eigenvalue weighted by Crippen LogP contribution is 2.25. The molecule has 2 N–H and O–H groups in total. The topological polar surface area (TPSA) is 60.2 Å². The molecule has 0 aliphatic carbocycles. The van der Waals surface area contributed by atoms with Gasteiger partial charge in [0, 0.05) is 24.3 Å². The number of carbonyl (C=O) groups is 1. The molecule has 0 radical (unpaired) electrons. The Hall–Kier alpha value is -2.24. The van der Waals surface area contributed by atoms with Crippen LogP contribution in [0.2, 0.25) is 5.02 Å². The molecule has 0 spiro atoms. The maximum absolute atomic E-state index is 10.7. The first kappa shape index (κ1) is 19.5. The Balaban J connectivity index is 1.46. The van der Waals surface area contributed by atoms with Gasteiger partial charge < -0.3 is 19.5 Å². The van der Waals surface area contributed by atoms with Gasteiger partial charge >= 0.3 is 5.97 Å². The van der Waals surface area contributed by atoms with Crippen molar-refractivity contribution in [2.24, 2.45) is 0 Å². The molecule has 1 aliphatic heterocycles. The van der Waals surface area contributed by atoms with E-state index in [1.807, 2.05) is 36.4 Å². The monoisotopic (exact) mass is 390 g/mol. The quantitative estimate of drug-likeness (QED) is 0.688. The van der Waals surface area contributed by atoms with Crippen LogP contribution in [0, 0.1) is 0 Å². The van der Waals surface area contributed by atoms with Gasteiger partial charge in [-0.1, -0.05) is 11.6 Å². The second kappa shape index (κ2) is 9.62. The predicted molar refractivity (Wildman–Crippen MR) is 104 cm³/mol. The molecule has 1 saturated heterocycles. The normalized spacial score (nSPS) is 19.0. The summed E-state index contributed by atoms with van der Waals surface area (Å²) in [4.78, 5) is 12.1. The van der Waals surface area contributed by atoms with Gasteiger partial charge in [0.15, 0.2) is 0 Å². The van der Waals surface area contributed by atoms with Crippen LogP contribution < -0.4 is 14.4 Å². The molecule has 1 unspecified atom stereocenters. The molecule has 0 bridgehead atoms. The summed E-state index contributed by atoms with van der Waals surface area (Å²) in [6, 6.07) is 15.3. The van der Waals surface area contributed by atoms with Gasteiger partial charge in [0.2, 0.25) is 0 Å². The van der Waals surface area contributed by atoms with Crippen molar-refractivity contribution >= 4 is 17.6 Å². The van der Waals surface area contributed by atoms with Gasteiger partial charge in [0.1, 0.15) is 29.9 Å². The molecule has 0 aromatic heterocycles. The highest BCUT2D eigenvalue weighted by molar-refractivity contribution is 6.30. The van der Waals surface area contributed by atoms with Crippen LogP contribution in [0.4, 0.5) is 0 Å². The molecule has 3 rings (SSSR count). The molecular weight excluding hydrogens is 366 g/mol. The van der Waals surface area contributed by atoms with E-state index in [1.54, 1.807) is 12.1 Å². The lowest BCUT2D eigenvalue weighted by Gasteiger charge is -2.21. The lowest BCUT2D eigenvalue weighted by Crippen LogP contribution is -3.14. The predicted octanol–water partition coefficient (Wildman–Crippen LogP) is 3.42. The van der Waals surface area contributed by atoms with Crippen molar-refractivity contribution in [3.63, 3.8) is 0 Å². The zero-order chi connectivity index (χ0) is 19.1. The molecule has 1 aliphatic rings. The molecular formula is C21H25ClNO4+. The second-order valence-corrected chi connectivity index (χ2v) is 7.27. The minimum atomic E-state index is -0.720. The van der Waals surface area contributed by atoms with Crippen LogP contribution in [-0.4, -0.2) is 36.8 Å². The van der Waals surface area contributed by atoms with Crippen LogP contribution in [0.25, 0.3) is 0 Å². The molecule has 0 saturated carbocycles. The summed E-state index contributed by atoms with van der Waals surface area (Å²) in [5, 5.41) is 9.46. The van der Waals surface area contributed by atoms with E-state index in [0.717, 1.165) is 43.2 Å². The maximum atomic E-state index is 10.7. The van der Waals surface area contributed by atoms with Crippen LogP contribution >= 0.6 is 11.6 Å². The number of likely N-dealkylation sites (tertiary alicyclic amines) is 1. The van der Waals surface area contributed by atoms with E-state index in [-0.39, 0.29) is 6.42 Å². The van der Waals surface area contributed by atoms with Gasteiger partial charge in [-0.2, -0.15) is 0 Å². The Labute approximate surface area is 164 Å². The van der Waals surface area contributed by atoms with Crippen molar-refractivity contribution in [1.82, 2.24) is 0 Å². The summed E-state index contributed by atoms with van der Waals surface area (Å²) in [6.45, 7) is 2.65. The van der Waals surface area contributed by atoms with Gasteiger partial charge in [-0.15, -0.1) is 0 Å². The molecule has 2 aromatic carbocycles. The van der Waals surface area contributed by atoms with Crippen molar-refractivity contribution in [2.45, 2.75) is 31.7 Å². The van der Waals surface area contributed by atoms with E-state index < -0.39 is 5.97 Å². The summed E-state index contributed by atoms with van der Waals surface area (Å²) < 4.78 is 11.7. The van der Waals surface area contributed by atoms with Gasteiger partial charge in [0.05, 0.1) is 19.5 Å². The Morgan fingerprint density at radius 3 is 2.37 bits per heavy atom. The minimum absolute atomic E-state index is 0.242. The molecule has 6 heteroatoms. The van der Waals surface area contributed by atoms with Crippen molar-refractivity contribution in [1.29, 1.82) is 0 Å². The molecule has 0 amide bonds. The standard InChI is InChI=1S/C21H24ClNO4/c22-16-5-7-19(8-6-16)27-20-11-9-18(10-12-20)26-15-17-3-1-13-23(17)14-2-4-21(24)25/h5-12,17H,1-4,13-15H2,(H,24,25)/p+1/t17-/m0/s1. The van der Waals surface area contributed by atoms with E-state index in [4.69, 9.17) is 26.2 Å². The van der Waals surface area contributed by atoms with Gasteiger partial charge in [-0.05, 0) is 48.5 Å². The Morgan fingerprint density at radius 1 is 1.07 bits per heavy atom. The summed E-state index contributed by atoms with van der Waals surface area (Å²) in [7, 11) is 0. The largest absolute Gasteiger partial charge is 0.487 e. The third-order valence-corrected chi connectivity index (χ3v) is 5.09. The number of benzene rings is 2. The minimum Gasteiger partial charge on any atom is -0.487 e. The van der Waals surface area contributed by atoms with E-state index in [9.17, 15) is 4.79 Å². The number of ether oxygens (including phenoxy) is 2. The third kappa shape index (κ3) is 6.15. The SMILES string of the molecule is O=C(O)CCC[NH+]1CCC[C@H]1COc1ccc(Oc2ccc(Cl)cc2)cc1. The number of quaternary nitrogens is 1. The number of carboxylic acids is 1. The molecule has 27 heavy (non-hydrogen) atoms. The van der Waals surface area contributed by atoms with E-state index in [1.165, 1.54) is 11.3 Å². The molecule has 144 valence electrons. The van der Waals surface area contributed by atoms with Crippen molar-refractivity contribution in [3.05, 3.63) is 53.6 Å². The molecule has 2 aromatic rings. The lowest BCUT2D eigenvalue weighted by atomic mass is 10.2. The van der Waals surface area contributed by atoms with E-state index >= 15 is 0 Å². The first-order valence-electron chi connectivity index (χ1n) is 9.33. The number of rotatable bonds is 9. The van der Waals surface area contributed by atoms with Crippen LogP contribution in [0.3, 0.4) is 0 Å². The number of hydrogen-bond donors (Lipinski definition) is 2. The highest BCUT2D eigenvalue weighted by atomic mass is 35.5. The maximum Gasteiger partial charge on any atom is 0.303 e. The average molecular weight is 391 g/mol. The second-order valence-electron chi connectivity index (χ2n) is 6.83. The summed E-state index contributed by atoms with van der Waals surface area (Å²) >= 11 is 5.88. The summed E-state index contributed by atoms with van der Waals surface area (Å²) in [5.41, 5.74) is 0. The fourth-order valence-corrected chi connectivity index (χ4v) is 3.55. The van der Waals surface area contributed by atoms with Gasteiger partial charge in [-0.25, -0.2) is 0 Å². The molecule has 1 heterocycles. The summed E-state index contributed by atoms with van der Waals surface area (Å²) in [5.74, 6) is 1.57. The zero-order valence-electron chi connectivity index (χ0n) is 15.2. The zero-order valence-corrected chi connectivity index (χ0v) is 16.0. The lowest BCUT2D eigenvalue weighted by molar-refractivity contribution is -0.912. The van der Waals surface area contributed by atoms with Crippen LogP contribution in [0.1, 0.15) is 25.7 Å². The van der Waals surface area contributed by atoms with Gasteiger partial charge in [-0.3, -0.25) is 4.79 Å². The fraction of sp³-hybridized carbons (Fsp3) is 0.381. The smallest absolute Gasteiger partial charge is 0.303 e. The number of hydrogen-bond acceptors (Lipinski definition) is 3. The Kier molecular flexibility index (Phi) is 6.96. The fourth-order valence-electron chi connectivity index (χ4n) is 3.42. The molecule has 5 nitrogen and oxygen atoms in total.